The second kappa shape index (κ2) is 8.46. The zero-order valence-corrected chi connectivity index (χ0v) is 18.4. The predicted molar refractivity (Wildman–Crippen MR) is 124 cm³/mol. The quantitative estimate of drug-likeness (QED) is 0.430. The summed E-state index contributed by atoms with van der Waals surface area (Å²) in [6, 6.07) is 12.8. The molecule has 0 spiro atoms. The average molecular weight is 442 g/mol. The lowest BCUT2D eigenvalue weighted by atomic mass is 10.1. The largest absolute Gasteiger partial charge is 0.352 e. The Morgan fingerprint density at radius 2 is 2.00 bits per heavy atom. The number of hydrogen-bond donors (Lipinski definition) is 1. The molecule has 0 aliphatic heterocycles. The molecule has 1 amide bonds. The van der Waals surface area contributed by atoms with E-state index in [0.29, 0.717) is 24.1 Å². The zero-order chi connectivity index (χ0) is 22.9. The summed E-state index contributed by atoms with van der Waals surface area (Å²) in [5.41, 5.74) is 5.74. The SMILES string of the molecule is Cc1nc2c3ccccc3nn2c(C)c1CCC(=O)NCc1ccc(-n2ccnc2)c(F)c1. The molecule has 0 atom stereocenters. The maximum atomic E-state index is 14.4. The van der Waals surface area contributed by atoms with E-state index in [1.165, 1.54) is 6.07 Å². The Labute approximate surface area is 189 Å². The molecule has 0 bridgehead atoms. The number of amides is 1. The van der Waals surface area contributed by atoms with Gasteiger partial charge in [-0.25, -0.2) is 18.9 Å². The monoisotopic (exact) mass is 442 g/mol. The fraction of sp³-hybridized carbons (Fsp3) is 0.200. The van der Waals surface area contributed by atoms with E-state index in [-0.39, 0.29) is 18.3 Å². The van der Waals surface area contributed by atoms with Crippen LogP contribution in [0.1, 0.15) is 28.9 Å². The van der Waals surface area contributed by atoms with Crippen LogP contribution in [0.4, 0.5) is 4.39 Å². The van der Waals surface area contributed by atoms with Gasteiger partial charge in [-0.15, -0.1) is 0 Å². The lowest BCUT2D eigenvalue weighted by molar-refractivity contribution is -0.121. The lowest BCUT2D eigenvalue weighted by Crippen LogP contribution is -2.23. The number of rotatable bonds is 6. The van der Waals surface area contributed by atoms with Crippen molar-refractivity contribution in [2.75, 3.05) is 0 Å². The molecule has 166 valence electrons. The molecule has 5 rings (SSSR count). The second-order valence-electron chi connectivity index (χ2n) is 8.05. The number of aromatic nitrogens is 5. The molecule has 5 aromatic rings. The van der Waals surface area contributed by atoms with Crippen LogP contribution >= 0.6 is 0 Å². The van der Waals surface area contributed by atoms with E-state index >= 15 is 0 Å². The molecule has 0 aliphatic carbocycles. The van der Waals surface area contributed by atoms with Crippen LogP contribution in [0.25, 0.3) is 22.2 Å². The number of benzene rings is 2. The van der Waals surface area contributed by atoms with Gasteiger partial charge in [0.25, 0.3) is 0 Å². The van der Waals surface area contributed by atoms with Gasteiger partial charge in [-0.1, -0.05) is 18.2 Å². The maximum Gasteiger partial charge on any atom is 0.220 e. The molecule has 0 saturated carbocycles. The summed E-state index contributed by atoms with van der Waals surface area (Å²) in [5, 5.41) is 8.56. The minimum atomic E-state index is -0.364. The van der Waals surface area contributed by atoms with Crippen molar-refractivity contribution in [3.63, 3.8) is 0 Å². The van der Waals surface area contributed by atoms with E-state index in [1.54, 1.807) is 35.4 Å². The Morgan fingerprint density at radius 3 is 2.79 bits per heavy atom. The normalized spacial score (nSPS) is 11.4. The Kier molecular flexibility index (Phi) is 5.34. The smallest absolute Gasteiger partial charge is 0.220 e. The topological polar surface area (TPSA) is 77.1 Å². The van der Waals surface area contributed by atoms with Gasteiger partial charge in [0.15, 0.2) is 5.65 Å². The minimum Gasteiger partial charge on any atom is -0.352 e. The van der Waals surface area contributed by atoms with Crippen molar-refractivity contribution in [3.05, 3.63) is 89.5 Å². The van der Waals surface area contributed by atoms with Crippen molar-refractivity contribution >= 4 is 22.5 Å². The van der Waals surface area contributed by atoms with Gasteiger partial charge >= 0.3 is 0 Å². The molecule has 0 aliphatic rings. The molecular weight excluding hydrogens is 419 g/mol. The first-order chi connectivity index (χ1) is 16.0. The van der Waals surface area contributed by atoms with Crippen molar-refractivity contribution in [3.8, 4) is 5.69 Å². The molecule has 7 nitrogen and oxygen atoms in total. The van der Waals surface area contributed by atoms with Crippen LogP contribution < -0.4 is 5.32 Å². The third-order valence-corrected chi connectivity index (χ3v) is 5.90. The molecule has 0 fully saturated rings. The highest BCUT2D eigenvalue weighted by molar-refractivity contribution is 5.92. The van der Waals surface area contributed by atoms with Crippen LogP contribution in [0.15, 0.2) is 61.2 Å². The summed E-state index contributed by atoms with van der Waals surface area (Å²) >= 11 is 0. The summed E-state index contributed by atoms with van der Waals surface area (Å²) in [4.78, 5) is 21.2. The van der Waals surface area contributed by atoms with E-state index < -0.39 is 0 Å². The Balaban J connectivity index is 1.26. The zero-order valence-electron chi connectivity index (χ0n) is 18.4. The van der Waals surface area contributed by atoms with Gasteiger partial charge in [0.2, 0.25) is 5.91 Å². The van der Waals surface area contributed by atoms with Crippen molar-refractivity contribution in [1.29, 1.82) is 0 Å². The predicted octanol–water partition coefficient (Wildman–Crippen LogP) is 4.07. The second-order valence-corrected chi connectivity index (χ2v) is 8.05. The van der Waals surface area contributed by atoms with Crippen LogP contribution in [0.5, 0.6) is 0 Å². The molecule has 0 saturated heterocycles. The van der Waals surface area contributed by atoms with Gasteiger partial charge in [0.1, 0.15) is 5.82 Å². The number of carbonyl (C=O) groups excluding carboxylic acids is 1. The van der Waals surface area contributed by atoms with E-state index in [2.05, 4.69) is 15.4 Å². The third-order valence-electron chi connectivity index (χ3n) is 5.90. The van der Waals surface area contributed by atoms with Crippen molar-refractivity contribution in [1.82, 2.24) is 29.5 Å². The first kappa shape index (κ1) is 20.8. The first-order valence-corrected chi connectivity index (χ1v) is 10.8. The Hall–Kier alpha value is -4.07. The summed E-state index contributed by atoms with van der Waals surface area (Å²) in [6.07, 6.45) is 5.69. The molecule has 3 aromatic heterocycles. The number of fused-ring (bicyclic) bond motifs is 3. The molecule has 3 heterocycles. The summed E-state index contributed by atoms with van der Waals surface area (Å²) in [5.74, 6) is -0.462. The molecule has 8 heteroatoms. The lowest BCUT2D eigenvalue weighted by Gasteiger charge is -2.12. The standard InChI is InChI=1S/C25H23FN6O/c1-16-19(17(2)32-25(29-16)20-5-3-4-6-22(20)30-32)8-10-24(33)28-14-18-7-9-23(21(26)13-18)31-12-11-27-15-31/h3-7,9,11-13,15H,8,10,14H2,1-2H3,(H,28,33). The molecule has 0 unspecified atom stereocenters. The summed E-state index contributed by atoms with van der Waals surface area (Å²) in [7, 11) is 0. The third kappa shape index (κ3) is 3.95. The Bertz CT molecular complexity index is 1470. The van der Waals surface area contributed by atoms with Crippen LogP contribution in [-0.2, 0) is 17.8 Å². The van der Waals surface area contributed by atoms with Crippen LogP contribution in [0.3, 0.4) is 0 Å². The molecule has 2 aromatic carbocycles. The van der Waals surface area contributed by atoms with Gasteiger partial charge in [-0.3, -0.25) is 4.79 Å². The Morgan fingerprint density at radius 1 is 1.15 bits per heavy atom. The van der Waals surface area contributed by atoms with Gasteiger partial charge in [-0.2, -0.15) is 5.10 Å². The molecular formula is C25H23FN6O. The van der Waals surface area contributed by atoms with Crippen molar-refractivity contribution in [2.45, 2.75) is 33.2 Å². The summed E-state index contributed by atoms with van der Waals surface area (Å²) in [6.45, 7) is 4.23. The molecule has 1 N–H and O–H groups in total. The highest BCUT2D eigenvalue weighted by Crippen LogP contribution is 2.23. The number of nitrogens with one attached hydrogen (secondary N) is 1. The van der Waals surface area contributed by atoms with Gasteiger partial charge in [0, 0.05) is 42.1 Å². The number of halogens is 1. The maximum absolute atomic E-state index is 14.4. The van der Waals surface area contributed by atoms with Crippen LogP contribution in [-0.4, -0.2) is 30.1 Å². The van der Waals surface area contributed by atoms with Crippen molar-refractivity contribution in [2.24, 2.45) is 0 Å². The van der Waals surface area contributed by atoms with Crippen LogP contribution in [0, 0.1) is 19.7 Å². The first-order valence-electron chi connectivity index (χ1n) is 10.8. The highest BCUT2D eigenvalue weighted by atomic mass is 19.1. The number of aryl methyl sites for hydroxylation is 2. The van der Waals surface area contributed by atoms with Crippen LogP contribution in [0.2, 0.25) is 0 Å². The van der Waals surface area contributed by atoms with Gasteiger partial charge in [0.05, 0.1) is 17.5 Å². The number of hydrogen-bond acceptors (Lipinski definition) is 4. The average Bonchev–Trinajstić information content (AvgIpc) is 3.46. The summed E-state index contributed by atoms with van der Waals surface area (Å²) < 4.78 is 17.9. The van der Waals surface area contributed by atoms with E-state index in [0.717, 1.165) is 33.5 Å². The van der Waals surface area contributed by atoms with Crippen molar-refractivity contribution < 1.29 is 9.18 Å². The number of carbonyl (C=O) groups is 1. The van der Waals surface area contributed by atoms with E-state index in [9.17, 15) is 9.18 Å². The fourth-order valence-electron chi connectivity index (χ4n) is 4.14. The molecule has 0 radical (unpaired) electrons. The number of imidazole rings is 1. The van der Waals surface area contributed by atoms with E-state index in [4.69, 9.17) is 4.98 Å². The number of nitrogens with zero attached hydrogens (tertiary/aromatic N) is 5. The van der Waals surface area contributed by atoms with E-state index in [1.807, 2.05) is 42.6 Å². The van der Waals surface area contributed by atoms with Gasteiger partial charge < -0.3 is 9.88 Å². The molecule has 33 heavy (non-hydrogen) atoms. The minimum absolute atomic E-state index is 0.0985. The fourth-order valence-corrected chi connectivity index (χ4v) is 4.14. The van der Waals surface area contributed by atoms with Gasteiger partial charge in [-0.05, 0) is 55.7 Å². The highest BCUT2D eigenvalue weighted by Gasteiger charge is 2.15.